The molecule has 0 aliphatic heterocycles. The van der Waals surface area contributed by atoms with Gasteiger partial charge in [-0.1, -0.05) is 24.3 Å². The van der Waals surface area contributed by atoms with E-state index in [0.29, 0.717) is 11.1 Å². The van der Waals surface area contributed by atoms with Gasteiger partial charge in [-0.15, -0.1) is 0 Å². The molecule has 4 nitrogen and oxygen atoms in total. The molecular weight excluding hydrogens is 272 g/mol. The van der Waals surface area contributed by atoms with E-state index >= 15 is 0 Å². The fourth-order valence-corrected chi connectivity index (χ4v) is 2.44. The number of imidazole rings is 1. The first-order valence-corrected chi connectivity index (χ1v) is 6.81. The first kappa shape index (κ1) is 13.6. The van der Waals surface area contributed by atoms with Crippen molar-refractivity contribution < 1.29 is 0 Å². The molecular formula is C18H12N4. The maximum atomic E-state index is 8.93. The molecule has 0 spiro atoms. The van der Waals surface area contributed by atoms with Gasteiger partial charge >= 0.3 is 0 Å². The average molecular weight is 284 g/mol. The van der Waals surface area contributed by atoms with Crippen LogP contribution in [0, 0.1) is 22.7 Å². The minimum absolute atomic E-state index is 0.0597. The Bertz CT molecular complexity index is 775. The quantitative estimate of drug-likeness (QED) is 0.801. The number of rotatable bonds is 3. The number of aromatic nitrogens is 2. The van der Waals surface area contributed by atoms with Gasteiger partial charge < -0.3 is 4.98 Å². The molecule has 0 aliphatic rings. The van der Waals surface area contributed by atoms with E-state index in [2.05, 4.69) is 22.1 Å². The Labute approximate surface area is 128 Å². The second-order valence-corrected chi connectivity index (χ2v) is 4.88. The van der Waals surface area contributed by atoms with E-state index in [0.717, 1.165) is 17.0 Å². The summed E-state index contributed by atoms with van der Waals surface area (Å²) in [4.78, 5) is 7.52. The zero-order valence-electron chi connectivity index (χ0n) is 11.7. The molecule has 0 fully saturated rings. The summed E-state index contributed by atoms with van der Waals surface area (Å²) in [7, 11) is 0. The lowest BCUT2D eigenvalue weighted by Gasteiger charge is -2.16. The standard InChI is InChI=1S/C18H12N4/c19-11-13-1-5-15(6-2-13)17(18-21-9-10-22-18)16-7-3-14(12-20)4-8-16/h1-10,17H,(H,21,22). The molecule has 1 N–H and O–H groups in total. The zero-order chi connectivity index (χ0) is 15.4. The number of benzene rings is 2. The first-order valence-electron chi connectivity index (χ1n) is 6.81. The van der Waals surface area contributed by atoms with Crippen LogP contribution in [0.1, 0.15) is 34.0 Å². The van der Waals surface area contributed by atoms with Crippen LogP contribution in [-0.4, -0.2) is 9.97 Å². The van der Waals surface area contributed by atoms with Crippen LogP contribution < -0.4 is 0 Å². The van der Waals surface area contributed by atoms with Crippen LogP contribution in [-0.2, 0) is 0 Å². The molecule has 4 heteroatoms. The van der Waals surface area contributed by atoms with Gasteiger partial charge in [-0.05, 0) is 35.4 Å². The summed E-state index contributed by atoms with van der Waals surface area (Å²) in [6.45, 7) is 0. The fourth-order valence-electron chi connectivity index (χ4n) is 2.44. The monoisotopic (exact) mass is 284 g/mol. The predicted octanol–water partition coefficient (Wildman–Crippen LogP) is 3.33. The second kappa shape index (κ2) is 5.95. The molecule has 0 saturated carbocycles. The molecule has 0 bridgehead atoms. The Morgan fingerprint density at radius 2 is 1.32 bits per heavy atom. The number of hydrogen-bond acceptors (Lipinski definition) is 3. The van der Waals surface area contributed by atoms with Gasteiger partial charge in [0.1, 0.15) is 5.82 Å². The van der Waals surface area contributed by atoms with Crippen LogP contribution in [0.5, 0.6) is 0 Å². The third-order valence-electron chi connectivity index (χ3n) is 3.54. The van der Waals surface area contributed by atoms with Crippen molar-refractivity contribution in [2.45, 2.75) is 5.92 Å². The van der Waals surface area contributed by atoms with E-state index in [1.165, 1.54) is 0 Å². The molecule has 0 atom stereocenters. The van der Waals surface area contributed by atoms with Gasteiger partial charge in [-0.3, -0.25) is 0 Å². The highest BCUT2D eigenvalue weighted by Crippen LogP contribution is 2.30. The van der Waals surface area contributed by atoms with Gasteiger partial charge in [-0.2, -0.15) is 10.5 Å². The Hall–Kier alpha value is -3.37. The van der Waals surface area contributed by atoms with Gasteiger partial charge in [-0.25, -0.2) is 4.98 Å². The van der Waals surface area contributed by atoms with E-state index in [4.69, 9.17) is 10.5 Å². The Balaban J connectivity index is 2.07. The second-order valence-electron chi connectivity index (χ2n) is 4.88. The van der Waals surface area contributed by atoms with Gasteiger partial charge in [0.05, 0.1) is 29.2 Å². The van der Waals surface area contributed by atoms with Crippen molar-refractivity contribution in [1.29, 1.82) is 10.5 Å². The molecule has 1 heterocycles. The molecule has 0 radical (unpaired) electrons. The highest BCUT2D eigenvalue weighted by atomic mass is 14.9. The summed E-state index contributed by atoms with van der Waals surface area (Å²) in [5.74, 6) is 0.768. The Kier molecular flexibility index (Phi) is 3.68. The van der Waals surface area contributed by atoms with E-state index in [1.54, 1.807) is 36.7 Å². The highest BCUT2D eigenvalue weighted by Gasteiger charge is 2.19. The minimum Gasteiger partial charge on any atom is -0.348 e. The highest BCUT2D eigenvalue weighted by molar-refractivity contribution is 5.43. The van der Waals surface area contributed by atoms with E-state index in [-0.39, 0.29) is 5.92 Å². The summed E-state index contributed by atoms with van der Waals surface area (Å²) in [5, 5.41) is 17.9. The maximum Gasteiger partial charge on any atom is 0.118 e. The number of nitrogens with one attached hydrogen (secondary N) is 1. The molecule has 0 unspecified atom stereocenters. The van der Waals surface area contributed by atoms with Gasteiger partial charge in [0.15, 0.2) is 0 Å². The third-order valence-corrected chi connectivity index (χ3v) is 3.54. The molecule has 0 aliphatic carbocycles. The third kappa shape index (κ3) is 2.59. The van der Waals surface area contributed by atoms with Crippen molar-refractivity contribution in [2.75, 3.05) is 0 Å². The number of nitrogens with zero attached hydrogens (tertiary/aromatic N) is 3. The Morgan fingerprint density at radius 1 is 0.818 bits per heavy atom. The number of H-pyrrole nitrogens is 1. The van der Waals surface area contributed by atoms with Gasteiger partial charge in [0.25, 0.3) is 0 Å². The number of nitriles is 2. The van der Waals surface area contributed by atoms with Crippen LogP contribution in [0.2, 0.25) is 0 Å². The maximum absolute atomic E-state index is 8.93. The van der Waals surface area contributed by atoms with Gasteiger partial charge in [0, 0.05) is 12.4 Å². The summed E-state index contributed by atoms with van der Waals surface area (Å²) in [5.41, 5.74) is 3.33. The van der Waals surface area contributed by atoms with Gasteiger partial charge in [0.2, 0.25) is 0 Å². The summed E-state index contributed by atoms with van der Waals surface area (Å²) < 4.78 is 0. The molecule has 104 valence electrons. The molecule has 1 aromatic heterocycles. The van der Waals surface area contributed by atoms with Crippen molar-refractivity contribution in [3.63, 3.8) is 0 Å². The van der Waals surface area contributed by atoms with Crippen LogP contribution >= 0.6 is 0 Å². The van der Waals surface area contributed by atoms with Crippen LogP contribution in [0.4, 0.5) is 0 Å². The fraction of sp³-hybridized carbons (Fsp3) is 0.0556. The van der Waals surface area contributed by atoms with E-state index in [9.17, 15) is 0 Å². The van der Waals surface area contributed by atoms with Crippen LogP contribution in [0.25, 0.3) is 0 Å². The smallest absolute Gasteiger partial charge is 0.118 e. The van der Waals surface area contributed by atoms with Crippen molar-refractivity contribution in [1.82, 2.24) is 9.97 Å². The Morgan fingerprint density at radius 3 is 1.68 bits per heavy atom. The molecule has 0 saturated heterocycles. The van der Waals surface area contributed by atoms with Crippen molar-refractivity contribution >= 4 is 0 Å². The van der Waals surface area contributed by atoms with E-state index < -0.39 is 0 Å². The summed E-state index contributed by atoms with van der Waals surface area (Å²) >= 11 is 0. The normalized spacial score (nSPS) is 10.1. The number of hydrogen-bond donors (Lipinski definition) is 1. The lowest BCUT2D eigenvalue weighted by atomic mass is 9.89. The predicted molar refractivity (Wildman–Crippen MR) is 81.8 cm³/mol. The van der Waals surface area contributed by atoms with Crippen LogP contribution in [0.15, 0.2) is 60.9 Å². The lowest BCUT2D eigenvalue weighted by Crippen LogP contribution is -2.05. The largest absolute Gasteiger partial charge is 0.348 e. The summed E-state index contributed by atoms with van der Waals surface area (Å²) in [6.07, 6.45) is 3.51. The minimum atomic E-state index is -0.0597. The van der Waals surface area contributed by atoms with Crippen molar-refractivity contribution in [2.24, 2.45) is 0 Å². The first-order chi connectivity index (χ1) is 10.8. The zero-order valence-corrected chi connectivity index (χ0v) is 11.7. The van der Waals surface area contributed by atoms with Crippen molar-refractivity contribution in [3.05, 3.63) is 89.0 Å². The van der Waals surface area contributed by atoms with Crippen LogP contribution in [0.3, 0.4) is 0 Å². The average Bonchev–Trinajstić information content (AvgIpc) is 3.10. The summed E-state index contributed by atoms with van der Waals surface area (Å²) in [6, 6.07) is 19.2. The molecule has 22 heavy (non-hydrogen) atoms. The lowest BCUT2D eigenvalue weighted by molar-refractivity contribution is 0.883. The van der Waals surface area contributed by atoms with Crippen molar-refractivity contribution in [3.8, 4) is 12.1 Å². The molecule has 0 amide bonds. The molecule has 3 aromatic rings. The number of aromatic amines is 1. The molecule has 3 rings (SSSR count). The topological polar surface area (TPSA) is 76.3 Å². The SMILES string of the molecule is N#Cc1ccc(C(c2ccc(C#N)cc2)c2ncc[nH]2)cc1. The molecule has 2 aromatic carbocycles. The van der Waals surface area contributed by atoms with E-state index in [1.807, 2.05) is 24.3 Å².